The van der Waals surface area contributed by atoms with Gasteiger partial charge in [0.05, 0.1) is 13.2 Å². The Kier molecular flexibility index (Phi) is 44.1. The molecule has 2 aliphatic carbocycles. The third-order valence-corrected chi connectivity index (χ3v) is 29.7. The van der Waals surface area contributed by atoms with Crippen LogP contribution in [0.2, 0.25) is 0 Å². The second-order valence-electron chi connectivity index (χ2n) is 50.1. The lowest BCUT2D eigenvalue weighted by molar-refractivity contribution is 0.122. The highest BCUT2D eigenvalue weighted by atomic mass is 16.5. The summed E-state index contributed by atoms with van der Waals surface area (Å²) in [6.07, 6.45) is 19.2. The first-order valence-corrected chi connectivity index (χ1v) is 54.7. The van der Waals surface area contributed by atoms with Crippen LogP contribution in [0, 0.1) is 0 Å². The molecule has 0 spiro atoms. The third-order valence-electron chi connectivity index (χ3n) is 29.7. The number of likely N-dealkylation sites (tertiary alicyclic amines) is 3. The third kappa shape index (κ3) is 40.6. The van der Waals surface area contributed by atoms with E-state index in [1.807, 2.05) is 0 Å². The van der Waals surface area contributed by atoms with Crippen molar-refractivity contribution >= 4 is 17.1 Å². The number of morpholine rings is 1. The Bertz CT molecular complexity index is 4700. The highest BCUT2D eigenvalue weighted by Crippen LogP contribution is 2.35. The van der Waals surface area contributed by atoms with Gasteiger partial charge in [-0.1, -0.05) is 331 Å². The summed E-state index contributed by atoms with van der Waals surface area (Å²) in [5.41, 5.74) is 23.2. The second kappa shape index (κ2) is 54.0. The van der Waals surface area contributed by atoms with Crippen LogP contribution >= 0.6 is 0 Å². The van der Waals surface area contributed by atoms with Gasteiger partial charge < -0.3 is 44.2 Å². The number of piperazine rings is 3. The van der Waals surface area contributed by atoms with Gasteiger partial charge in [0.1, 0.15) is 12.4 Å². The summed E-state index contributed by atoms with van der Waals surface area (Å²) in [4.78, 5) is 25.0. The maximum absolute atomic E-state index is 5.79. The van der Waals surface area contributed by atoms with Crippen molar-refractivity contribution in [2.24, 2.45) is 0 Å². The molecule has 8 aromatic rings. The fraction of sp³-hybridized carbons (Fsp3) is 0.619. The summed E-state index contributed by atoms with van der Waals surface area (Å²) >= 11 is 0. The van der Waals surface area contributed by atoms with Crippen LogP contribution in [0.15, 0.2) is 194 Å². The van der Waals surface area contributed by atoms with Gasteiger partial charge in [-0.3, -0.25) is 19.6 Å². The molecule has 7 saturated heterocycles. The summed E-state index contributed by atoms with van der Waals surface area (Å²) < 4.78 is 11.2. The van der Waals surface area contributed by atoms with Crippen LogP contribution in [0.1, 0.15) is 316 Å². The smallest absolute Gasteiger partial charge is 0.119 e. The zero-order valence-electron chi connectivity index (χ0n) is 93.1. The van der Waals surface area contributed by atoms with Gasteiger partial charge in [-0.05, 0) is 283 Å². The molecule has 0 aromatic heterocycles. The topological polar surface area (TPSA) is 62.9 Å². The molecule has 9 aliphatic rings. The van der Waals surface area contributed by atoms with Crippen LogP contribution < -0.4 is 24.8 Å². The fourth-order valence-corrected chi connectivity index (χ4v) is 19.4. The van der Waals surface area contributed by atoms with Crippen molar-refractivity contribution in [3.63, 3.8) is 0 Å². The maximum Gasteiger partial charge on any atom is 0.119 e. The van der Waals surface area contributed by atoms with Crippen LogP contribution in [0.3, 0.4) is 0 Å². The molecule has 9 fully saturated rings. The number of likely N-dealkylation sites (N-methyl/N-ethyl adjacent to an activating group) is 2. The van der Waals surface area contributed by atoms with Crippen molar-refractivity contribution in [1.29, 1.82) is 0 Å². The number of hydrogen-bond acceptors (Lipinski definition) is 13. The average Bonchev–Trinajstić information content (AvgIpc) is 1.65. The zero-order valence-corrected chi connectivity index (χ0v) is 93.1. The monoisotopic (exact) mass is 1900 g/mol. The van der Waals surface area contributed by atoms with Gasteiger partial charge in [-0.25, -0.2) is 0 Å². The average molecular weight is 1900 g/mol. The van der Waals surface area contributed by atoms with Gasteiger partial charge in [0.25, 0.3) is 0 Å². The first-order chi connectivity index (χ1) is 65.7. The van der Waals surface area contributed by atoms with Crippen LogP contribution in [0.4, 0.5) is 17.1 Å². The molecule has 13 heteroatoms. The zero-order chi connectivity index (χ0) is 101. The molecule has 0 bridgehead atoms. The molecule has 0 unspecified atom stereocenters. The van der Waals surface area contributed by atoms with E-state index in [0.29, 0.717) is 0 Å². The van der Waals surface area contributed by atoms with Gasteiger partial charge in [-0.15, -0.1) is 0 Å². The predicted octanol–water partition coefficient (Wildman–Crippen LogP) is 26.6. The molecule has 1 N–H and O–H groups in total. The number of nitrogens with zero attached hydrogens (tertiary/aromatic N) is 10. The Balaban J connectivity index is 0.000000164. The van der Waals surface area contributed by atoms with Crippen LogP contribution in [0.5, 0.6) is 5.75 Å². The van der Waals surface area contributed by atoms with E-state index < -0.39 is 0 Å². The van der Waals surface area contributed by atoms with E-state index in [9.17, 15) is 0 Å². The van der Waals surface area contributed by atoms with E-state index in [1.165, 1.54) is 285 Å². The molecule has 0 radical (unpaired) electrons. The summed E-state index contributed by atoms with van der Waals surface area (Å²) in [6.45, 7) is 86.3. The molecule has 0 amide bonds. The standard InChI is InChI=1S/C17H26N2.C17H27N.C16H26N2.C16H25NO.C16H25N.C15H24N2.C15H23N.C14H21NO/c1-17(2,3)14-4-6-15(7-5-14)18-10-12-19(13-11-18)16-8-9-16;1-17(2,3)15-11-9-14(10-12-15)13-18-16-7-5-4-6-8-16;1-16(2,3)15-7-5-6-14(12-15)13-18-10-8-17(4)9-11-18;1-16(2,3)14-6-8-15(9-7-14)18-13-12-17-10-4-5-11-17;1-16(2,3)15-8-6-14(7-9-15)10-13-17-11-4-5-12-17;1-15(2,3)13-6-5-7-14(12-13)17-10-8-16(4)9-11-17;1-15(2,3)14-8-6-13(7-9-14)12-16-10-4-5-11-16;1-14(2,3)12-4-6-13(7-5-12)15-8-10-16-11-9-15/h4-7,16H,8-13H2,1-3H3;9-12,16,18H,4-8,13H2,1-3H3;5-7,12H,8-11,13H2,1-4H3;6-9H,4-5,10-13H2,1-3H3;6-9H,4-5,10-13H2,1-3H3;5-7,12H,8-11H2,1-4H3;6-9H,4-5,10-12H2,1-3H3;4-7H,8-11H2,1-3H3. The number of hydrogen-bond donors (Lipinski definition) is 1. The van der Waals surface area contributed by atoms with E-state index in [-0.39, 0.29) is 43.3 Å². The number of anilines is 3. The Morgan fingerprint density at radius 2 is 0.626 bits per heavy atom. The van der Waals surface area contributed by atoms with Gasteiger partial charge in [0, 0.05) is 153 Å². The quantitative estimate of drug-likeness (QED) is 0.0888. The van der Waals surface area contributed by atoms with Crippen molar-refractivity contribution in [3.05, 3.63) is 261 Å². The molecule has 17 rings (SSSR count). The van der Waals surface area contributed by atoms with Crippen LogP contribution in [0.25, 0.3) is 0 Å². The molecule has 0 atom stereocenters. The van der Waals surface area contributed by atoms with Gasteiger partial charge in [0.2, 0.25) is 0 Å². The lowest BCUT2D eigenvalue weighted by Gasteiger charge is -2.36. The number of ether oxygens (including phenoxy) is 2. The molecule has 7 heterocycles. The summed E-state index contributed by atoms with van der Waals surface area (Å²) in [5, 5.41) is 3.70. The number of nitrogens with one attached hydrogen (secondary N) is 1. The number of rotatable bonds is 18. The summed E-state index contributed by atoms with van der Waals surface area (Å²) in [7, 11) is 4.40. The minimum absolute atomic E-state index is 0.216. The van der Waals surface area contributed by atoms with Crippen molar-refractivity contribution < 1.29 is 9.47 Å². The normalized spacial score (nSPS) is 18.5. The van der Waals surface area contributed by atoms with Gasteiger partial charge in [0.15, 0.2) is 0 Å². The Hall–Kier alpha value is -7.40. The fourth-order valence-electron chi connectivity index (χ4n) is 19.4. The van der Waals surface area contributed by atoms with Crippen LogP contribution in [-0.2, 0) is 74.1 Å². The van der Waals surface area contributed by atoms with Crippen LogP contribution in [-0.4, -0.2) is 224 Å². The van der Waals surface area contributed by atoms with E-state index in [1.54, 1.807) is 0 Å². The minimum atomic E-state index is 0.216. The van der Waals surface area contributed by atoms with E-state index >= 15 is 0 Å². The minimum Gasteiger partial charge on any atom is -0.492 e. The summed E-state index contributed by atoms with van der Waals surface area (Å²) in [6, 6.07) is 73.8. The molecule has 13 nitrogen and oxygen atoms in total. The molecule has 7 aliphatic heterocycles. The highest BCUT2D eigenvalue weighted by Gasteiger charge is 2.32. The lowest BCUT2D eigenvalue weighted by Crippen LogP contribution is -2.47. The van der Waals surface area contributed by atoms with Crippen molar-refractivity contribution in [3.8, 4) is 5.75 Å². The maximum atomic E-state index is 5.79. The first-order valence-electron chi connectivity index (χ1n) is 54.7. The molecular formula is C126H197N11O2. The first kappa shape index (κ1) is 114. The Labute approximate surface area is 851 Å². The molecule has 768 valence electrons. The SMILES string of the molecule is CC(C)(C)c1ccc(CCN2CCCC2)cc1.CC(C)(C)c1ccc(CN2CCCC2)cc1.CC(C)(C)c1ccc(CNC2CCCCC2)cc1.CC(C)(C)c1ccc(N2CCN(C3CC3)CC2)cc1.CC(C)(C)c1ccc(N2CCOCC2)cc1.CC(C)(C)c1ccc(OCCN2CCCC2)cc1.CN1CCN(Cc2cccc(C(C)(C)C)c2)CC1.CN1CCN(c2cccc(C(C)(C)C)c2)CC1. The van der Waals surface area contributed by atoms with E-state index in [2.05, 4.69) is 429 Å². The highest BCUT2D eigenvalue weighted by molar-refractivity contribution is 5.52. The summed E-state index contributed by atoms with van der Waals surface area (Å²) in [5.74, 6) is 0.988. The Morgan fingerprint density at radius 3 is 1.06 bits per heavy atom. The largest absolute Gasteiger partial charge is 0.492 e. The van der Waals surface area contributed by atoms with Crippen molar-refractivity contribution in [2.75, 3.05) is 193 Å². The molecule has 2 saturated carbocycles. The van der Waals surface area contributed by atoms with Gasteiger partial charge in [-0.2, -0.15) is 0 Å². The number of benzene rings is 8. The predicted molar refractivity (Wildman–Crippen MR) is 602 cm³/mol. The second-order valence-corrected chi connectivity index (χ2v) is 50.1. The Morgan fingerprint density at radius 1 is 0.281 bits per heavy atom. The molecular weight excluding hydrogens is 1700 g/mol. The van der Waals surface area contributed by atoms with E-state index in [4.69, 9.17) is 9.47 Å². The van der Waals surface area contributed by atoms with Crippen molar-refractivity contribution in [2.45, 2.75) is 331 Å². The lowest BCUT2D eigenvalue weighted by atomic mass is 9.86. The van der Waals surface area contributed by atoms with E-state index in [0.717, 1.165) is 90.0 Å². The van der Waals surface area contributed by atoms with Gasteiger partial charge >= 0.3 is 0 Å². The molecule has 8 aromatic carbocycles. The molecule has 139 heavy (non-hydrogen) atoms. The van der Waals surface area contributed by atoms with Crippen molar-refractivity contribution in [1.82, 2.24) is 39.6 Å².